The highest BCUT2D eigenvalue weighted by Crippen LogP contribution is 2.14. The number of esters is 1. The van der Waals surface area contributed by atoms with Crippen LogP contribution >= 0.6 is 0 Å². The summed E-state index contributed by atoms with van der Waals surface area (Å²) >= 11 is 0. The van der Waals surface area contributed by atoms with Gasteiger partial charge in [0.15, 0.2) is 0 Å². The Morgan fingerprint density at radius 2 is 2.15 bits per heavy atom. The van der Waals surface area contributed by atoms with Gasteiger partial charge in [0.2, 0.25) is 0 Å². The van der Waals surface area contributed by atoms with E-state index < -0.39 is 0 Å². The van der Waals surface area contributed by atoms with E-state index in [1.807, 2.05) is 24.3 Å². The topological polar surface area (TPSA) is 47.6 Å². The summed E-state index contributed by atoms with van der Waals surface area (Å²) in [7, 11) is 1.41. The molecule has 1 heterocycles. The Balaban J connectivity index is 1.83. The summed E-state index contributed by atoms with van der Waals surface area (Å²) in [6, 6.07) is 7.88. The highest BCUT2D eigenvalue weighted by molar-refractivity contribution is 5.72. The molecule has 1 fully saturated rings. The zero-order chi connectivity index (χ0) is 14.2. The average molecular weight is 277 g/mol. The molecule has 110 valence electrons. The van der Waals surface area contributed by atoms with Crippen molar-refractivity contribution in [2.45, 2.75) is 25.9 Å². The Hall–Kier alpha value is -1.39. The van der Waals surface area contributed by atoms with Crippen LogP contribution in [0.3, 0.4) is 0 Å². The van der Waals surface area contributed by atoms with Crippen LogP contribution in [0.1, 0.15) is 24.0 Å². The van der Waals surface area contributed by atoms with Crippen LogP contribution in [0.15, 0.2) is 24.3 Å². The Morgan fingerprint density at radius 3 is 2.85 bits per heavy atom. The molecule has 0 aromatic heterocycles. The van der Waals surface area contributed by atoms with Gasteiger partial charge in [-0.2, -0.15) is 0 Å². The van der Waals surface area contributed by atoms with Gasteiger partial charge >= 0.3 is 5.97 Å². The van der Waals surface area contributed by atoms with Crippen LogP contribution in [-0.4, -0.2) is 32.8 Å². The van der Waals surface area contributed by atoms with Crippen molar-refractivity contribution in [1.82, 2.24) is 5.32 Å². The smallest absolute Gasteiger partial charge is 0.309 e. The Morgan fingerprint density at radius 1 is 1.35 bits per heavy atom. The molecule has 4 heteroatoms. The molecule has 0 amide bonds. The lowest BCUT2D eigenvalue weighted by Gasteiger charge is -2.22. The quantitative estimate of drug-likeness (QED) is 0.807. The zero-order valence-electron chi connectivity index (χ0n) is 12.1. The largest absolute Gasteiger partial charge is 0.469 e. The fourth-order valence-electron chi connectivity index (χ4n) is 2.50. The highest BCUT2D eigenvalue weighted by atomic mass is 16.5. The number of carbonyl (C=O) groups is 1. The molecule has 0 saturated carbocycles. The van der Waals surface area contributed by atoms with Crippen LogP contribution in [0.4, 0.5) is 0 Å². The Bertz CT molecular complexity index is 427. The average Bonchev–Trinajstić information content (AvgIpc) is 2.50. The van der Waals surface area contributed by atoms with Gasteiger partial charge in [-0.25, -0.2) is 0 Å². The van der Waals surface area contributed by atoms with Crippen LogP contribution in [0.25, 0.3) is 0 Å². The number of nitrogens with one attached hydrogen (secondary N) is 1. The Kier molecular flexibility index (Phi) is 6.02. The molecule has 0 aliphatic carbocycles. The first-order chi connectivity index (χ1) is 9.79. The van der Waals surface area contributed by atoms with Gasteiger partial charge in [-0.3, -0.25) is 4.79 Å². The van der Waals surface area contributed by atoms with Crippen molar-refractivity contribution in [3.05, 3.63) is 35.4 Å². The van der Waals surface area contributed by atoms with Crippen molar-refractivity contribution in [3.63, 3.8) is 0 Å². The van der Waals surface area contributed by atoms with E-state index in [4.69, 9.17) is 9.47 Å². The summed E-state index contributed by atoms with van der Waals surface area (Å²) in [5.74, 6) is 0.394. The van der Waals surface area contributed by atoms with E-state index in [2.05, 4.69) is 5.32 Å². The lowest BCUT2D eigenvalue weighted by Crippen LogP contribution is -2.32. The summed E-state index contributed by atoms with van der Waals surface area (Å²) in [6.07, 6.45) is 2.77. The van der Waals surface area contributed by atoms with Gasteiger partial charge in [0.05, 0.1) is 26.7 Å². The van der Waals surface area contributed by atoms with Crippen LogP contribution in [0, 0.1) is 5.92 Å². The van der Waals surface area contributed by atoms with Gasteiger partial charge in [-0.15, -0.1) is 0 Å². The van der Waals surface area contributed by atoms with Gasteiger partial charge < -0.3 is 14.8 Å². The minimum atomic E-state index is -0.214. The van der Waals surface area contributed by atoms with Gasteiger partial charge in [0.1, 0.15) is 0 Å². The molecule has 1 aromatic rings. The summed E-state index contributed by atoms with van der Waals surface area (Å²) < 4.78 is 10.5. The number of ether oxygens (including phenoxy) is 2. The van der Waals surface area contributed by atoms with E-state index in [9.17, 15) is 4.79 Å². The predicted molar refractivity (Wildman–Crippen MR) is 77.4 cm³/mol. The molecule has 1 aromatic carbocycles. The van der Waals surface area contributed by atoms with Crippen LogP contribution in [0.5, 0.6) is 0 Å². The van der Waals surface area contributed by atoms with Crippen LogP contribution in [-0.2, 0) is 27.3 Å². The third-order valence-electron chi connectivity index (χ3n) is 3.69. The molecular weight excluding hydrogens is 254 g/mol. The minimum absolute atomic E-state index is 0.214. The maximum absolute atomic E-state index is 11.4. The lowest BCUT2D eigenvalue weighted by molar-refractivity contribution is -0.139. The molecule has 0 spiro atoms. The van der Waals surface area contributed by atoms with Crippen molar-refractivity contribution in [2.75, 3.05) is 26.8 Å². The molecular formula is C16H23NO3. The van der Waals surface area contributed by atoms with Crippen molar-refractivity contribution in [1.29, 1.82) is 0 Å². The standard InChI is InChI=1S/C16H23NO3/c1-19-16(18)9-14-6-2-3-7-15(14)12-20-11-13-5-4-8-17-10-13/h2-3,6-7,13,17H,4-5,8-12H2,1H3. The molecule has 1 saturated heterocycles. The third kappa shape index (κ3) is 4.62. The Labute approximate surface area is 120 Å². The number of hydrogen-bond donors (Lipinski definition) is 1. The molecule has 1 N–H and O–H groups in total. The van der Waals surface area contributed by atoms with E-state index >= 15 is 0 Å². The number of rotatable bonds is 6. The van der Waals surface area contributed by atoms with Crippen molar-refractivity contribution in [3.8, 4) is 0 Å². The third-order valence-corrected chi connectivity index (χ3v) is 3.69. The molecule has 2 rings (SSSR count). The number of benzene rings is 1. The molecule has 0 radical (unpaired) electrons. The van der Waals surface area contributed by atoms with Crippen molar-refractivity contribution in [2.24, 2.45) is 5.92 Å². The monoisotopic (exact) mass is 277 g/mol. The van der Waals surface area contributed by atoms with Gasteiger partial charge in [-0.05, 0) is 36.4 Å². The van der Waals surface area contributed by atoms with Gasteiger partial charge in [-0.1, -0.05) is 24.3 Å². The van der Waals surface area contributed by atoms with E-state index in [-0.39, 0.29) is 5.97 Å². The fraction of sp³-hybridized carbons (Fsp3) is 0.562. The first-order valence-corrected chi connectivity index (χ1v) is 7.21. The number of piperidine rings is 1. The maximum Gasteiger partial charge on any atom is 0.309 e. The number of hydrogen-bond acceptors (Lipinski definition) is 4. The van der Waals surface area contributed by atoms with Crippen molar-refractivity contribution >= 4 is 5.97 Å². The minimum Gasteiger partial charge on any atom is -0.469 e. The molecule has 1 atom stereocenters. The molecule has 1 aliphatic heterocycles. The molecule has 0 bridgehead atoms. The van der Waals surface area contributed by atoms with Crippen molar-refractivity contribution < 1.29 is 14.3 Å². The number of methoxy groups -OCH3 is 1. The van der Waals surface area contributed by atoms with E-state index in [1.165, 1.54) is 20.0 Å². The molecule has 20 heavy (non-hydrogen) atoms. The van der Waals surface area contributed by atoms with Gasteiger partial charge in [0.25, 0.3) is 0 Å². The predicted octanol–water partition coefficient (Wildman–Crippen LogP) is 1.92. The first kappa shape index (κ1) is 15.0. The summed E-state index contributed by atoms with van der Waals surface area (Å²) in [5.41, 5.74) is 2.06. The first-order valence-electron chi connectivity index (χ1n) is 7.21. The van der Waals surface area contributed by atoms with E-state index in [0.29, 0.717) is 18.9 Å². The van der Waals surface area contributed by atoms with Gasteiger partial charge in [0, 0.05) is 6.54 Å². The second-order valence-corrected chi connectivity index (χ2v) is 5.25. The summed E-state index contributed by atoms with van der Waals surface area (Å²) in [6.45, 7) is 3.51. The second-order valence-electron chi connectivity index (χ2n) is 5.25. The SMILES string of the molecule is COC(=O)Cc1ccccc1COCC1CCCNC1. The number of carbonyl (C=O) groups excluding carboxylic acids is 1. The summed E-state index contributed by atoms with van der Waals surface area (Å²) in [4.78, 5) is 11.4. The molecule has 4 nitrogen and oxygen atoms in total. The van der Waals surface area contributed by atoms with E-state index in [1.54, 1.807) is 0 Å². The maximum atomic E-state index is 11.4. The lowest BCUT2D eigenvalue weighted by atomic mass is 10.0. The fourth-order valence-corrected chi connectivity index (χ4v) is 2.50. The van der Waals surface area contributed by atoms with Crippen LogP contribution < -0.4 is 5.32 Å². The van der Waals surface area contributed by atoms with Crippen LogP contribution in [0.2, 0.25) is 0 Å². The summed E-state index contributed by atoms with van der Waals surface area (Å²) in [5, 5.41) is 3.39. The second kappa shape index (κ2) is 8.02. The normalized spacial score (nSPS) is 18.8. The highest BCUT2D eigenvalue weighted by Gasteiger charge is 2.13. The van der Waals surface area contributed by atoms with E-state index in [0.717, 1.165) is 30.8 Å². The molecule has 1 aliphatic rings. The molecule has 1 unspecified atom stereocenters. The zero-order valence-corrected chi connectivity index (χ0v) is 12.1.